The Balaban J connectivity index is 2.66. The fraction of sp³-hybridized carbons (Fsp3) is 1.00. The quantitative estimate of drug-likeness (QED) is 0.639. The number of methoxy groups -OCH3 is 1. The van der Waals surface area contributed by atoms with E-state index in [0.29, 0.717) is 5.92 Å². The summed E-state index contributed by atoms with van der Waals surface area (Å²) in [6, 6.07) is -0.109. The van der Waals surface area contributed by atoms with Crippen molar-refractivity contribution in [2.45, 2.75) is 32.3 Å². The molecule has 1 fully saturated rings. The summed E-state index contributed by atoms with van der Waals surface area (Å²) in [6.07, 6.45) is -0.539. The van der Waals surface area contributed by atoms with E-state index in [4.69, 9.17) is 20.3 Å². The molecule has 4 nitrogen and oxygen atoms in total. The van der Waals surface area contributed by atoms with E-state index in [1.807, 2.05) is 6.92 Å². The maximum atomic E-state index is 9.06. The number of ether oxygens (including phenoxy) is 2. The fourth-order valence-corrected chi connectivity index (χ4v) is 1.75. The van der Waals surface area contributed by atoms with E-state index < -0.39 is 0 Å². The molecular weight excluding hydrogens is 170 g/mol. The molecule has 4 heteroatoms. The summed E-state index contributed by atoms with van der Waals surface area (Å²) >= 11 is 0. The second-order valence-electron chi connectivity index (χ2n) is 3.76. The first-order chi connectivity index (χ1) is 6.11. The van der Waals surface area contributed by atoms with E-state index >= 15 is 0 Å². The van der Waals surface area contributed by atoms with Crippen LogP contribution in [0.2, 0.25) is 0 Å². The monoisotopic (exact) mass is 189 g/mol. The topological polar surface area (TPSA) is 64.7 Å². The molecule has 13 heavy (non-hydrogen) atoms. The normalized spacial score (nSPS) is 46.4. The predicted octanol–water partition coefficient (Wildman–Crippen LogP) is -0.0505. The van der Waals surface area contributed by atoms with E-state index in [-0.39, 0.29) is 31.0 Å². The van der Waals surface area contributed by atoms with Crippen molar-refractivity contribution in [3.63, 3.8) is 0 Å². The number of aliphatic hydroxyl groups is 1. The summed E-state index contributed by atoms with van der Waals surface area (Å²) in [6.45, 7) is 4.13. The van der Waals surface area contributed by atoms with Crippen LogP contribution in [0, 0.1) is 11.8 Å². The van der Waals surface area contributed by atoms with Crippen LogP contribution < -0.4 is 5.73 Å². The van der Waals surface area contributed by atoms with Crippen molar-refractivity contribution in [2.75, 3.05) is 13.7 Å². The molecule has 0 saturated carbocycles. The Hall–Kier alpha value is -0.160. The number of nitrogens with two attached hydrogens (primary N) is 1. The summed E-state index contributed by atoms with van der Waals surface area (Å²) in [7, 11) is 1.57. The van der Waals surface area contributed by atoms with Crippen molar-refractivity contribution in [2.24, 2.45) is 17.6 Å². The Morgan fingerprint density at radius 1 is 1.38 bits per heavy atom. The zero-order valence-corrected chi connectivity index (χ0v) is 8.43. The molecule has 0 bridgehead atoms. The van der Waals surface area contributed by atoms with Crippen LogP contribution in [-0.2, 0) is 9.47 Å². The van der Waals surface area contributed by atoms with E-state index in [9.17, 15) is 0 Å². The van der Waals surface area contributed by atoms with Crippen LogP contribution in [0.25, 0.3) is 0 Å². The number of rotatable bonds is 2. The Bertz CT molecular complexity index is 145. The smallest absolute Gasteiger partial charge is 0.172 e. The van der Waals surface area contributed by atoms with Crippen LogP contribution in [0.3, 0.4) is 0 Å². The zero-order chi connectivity index (χ0) is 10.0. The van der Waals surface area contributed by atoms with Crippen LogP contribution in [-0.4, -0.2) is 37.3 Å². The van der Waals surface area contributed by atoms with Crippen LogP contribution in [0.4, 0.5) is 0 Å². The van der Waals surface area contributed by atoms with Crippen molar-refractivity contribution in [1.29, 1.82) is 0 Å². The van der Waals surface area contributed by atoms with Gasteiger partial charge in [0.2, 0.25) is 0 Å². The Labute approximate surface area is 79.0 Å². The molecular formula is C9H19NO3. The highest BCUT2D eigenvalue weighted by molar-refractivity contribution is 4.86. The SMILES string of the molecule is CO[C@H]1OC(CO)[C@@H](C)C(C)C1N. The molecule has 0 radical (unpaired) electrons. The molecule has 1 aliphatic rings. The van der Waals surface area contributed by atoms with Crippen molar-refractivity contribution in [1.82, 2.24) is 0 Å². The third-order valence-corrected chi connectivity index (χ3v) is 3.06. The summed E-state index contributed by atoms with van der Waals surface area (Å²) in [5.74, 6) is 0.572. The number of hydrogen-bond acceptors (Lipinski definition) is 4. The van der Waals surface area contributed by atoms with Gasteiger partial charge in [0.05, 0.1) is 18.8 Å². The average Bonchev–Trinajstić information content (AvgIpc) is 2.15. The van der Waals surface area contributed by atoms with Crippen molar-refractivity contribution in [3.05, 3.63) is 0 Å². The largest absolute Gasteiger partial charge is 0.394 e. The van der Waals surface area contributed by atoms with Gasteiger partial charge in [-0.05, 0) is 11.8 Å². The maximum absolute atomic E-state index is 9.06. The highest BCUT2D eigenvalue weighted by Gasteiger charge is 2.39. The predicted molar refractivity (Wildman–Crippen MR) is 49.1 cm³/mol. The summed E-state index contributed by atoms with van der Waals surface area (Å²) in [4.78, 5) is 0. The van der Waals surface area contributed by atoms with Gasteiger partial charge in [-0.1, -0.05) is 13.8 Å². The molecule has 3 N–H and O–H groups in total. The first-order valence-corrected chi connectivity index (χ1v) is 4.66. The zero-order valence-electron chi connectivity index (χ0n) is 8.43. The van der Waals surface area contributed by atoms with Crippen LogP contribution in [0.5, 0.6) is 0 Å². The highest BCUT2D eigenvalue weighted by atomic mass is 16.7. The van der Waals surface area contributed by atoms with Gasteiger partial charge in [0.1, 0.15) is 0 Å². The van der Waals surface area contributed by atoms with Gasteiger partial charge in [-0.2, -0.15) is 0 Å². The van der Waals surface area contributed by atoms with E-state index in [2.05, 4.69) is 6.92 Å². The standard InChI is InChI=1S/C9H19NO3/c1-5-6(2)8(10)9(12-3)13-7(5)4-11/h5-9,11H,4,10H2,1-3H3/t5-,6?,7?,8?,9-/m0/s1. The molecule has 0 aromatic carbocycles. The summed E-state index contributed by atoms with van der Waals surface area (Å²) in [5.41, 5.74) is 5.91. The van der Waals surface area contributed by atoms with E-state index in [1.165, 1.54) is 0 Å². The first kappa shape index (κ1) is 10.9. The van der Waals surface area contributed by atoms with Crippen LogP contribution >= 0.6 is 0 Å². The molecule has 0 aliphatic carbocycles. The molecule has 1 aliphatic heterocycles. The van der Waals surface area contributed by atoms with Crippen molar-refractivity contribution in [3.8, 4) is 0 Å². The second kappa shape index (κ2) is 4.37. The molecule has 0 aromatic heterocycles. The lowest BCUT2D eigenvalue weighted by molar-refractivity contribution is -0.226. The van der Waals surface area contributed by atoms with Crippen molar-refractivity contribution < 1.29 is 14.6 Å². The molecule has 0 aromatic rings. The van der Waals surface area contributed by atoms with Gasteiger partial charge in [-0.3, -0.25) is 0 Å². The van der Waals surface area contributed by atoms with Gasteiger partial charge in [-0.25, -0.2) is 0 Å². The fourth-order valence-electron chi connectivity index (χ4n) is 1.75. The molecule has 78 valence electrons. The van der Waals surface area contributed by atoms with Gasteiger partial charge in [0.15, 0.2) is 6.29 Å². The molecule has 1 heterocycles. The Kier molecular flexibility index (Phi) is 3.67. The summed E-state index contributed by atoms with van der Waals surface area (Å²) in [5, 5.41) is 9.06. The molecule has 0 spiro atoms. The van der Waals surface area contributed by atoms with Crippen LogP contribution in [0.1, 0.15) is 13.8 Å². The lowest BCUT2D eigenvalue weighted by Gasteiger charge is -2.41. The van der Waals surface area contributed by atoms with Gasteiger partial charge < -0.3 is 20.3 Å². The number of aliphatic hydroxyl groups excluding tert-OH is 1. The second-order valence-corrected chi connectivity index (χ2v) is 3.76. The molecule has 0 amide bonds. The highest BCUT2D eigenvalue weighted by Crippen LogP contribution is 2.29. The average molecular weight is 189 g/mol. The minimum atomic E-state index is -0.386. The van der Waals surface area contributed by atoms with Gasteiger partial charge in [0.25, 0.3) is 0 Å². The third-order valence-electron chi connectivity index (χ3n) is 3.06. The lowest BCUT2D eigenvalue weighted by Crippen LogP contribution is -2.55. The Morgan fingerprint density at radius 2 is 2.00 bits per heavy atom. The van der Waals surface area contributed by atoms with E-state index in [1.54, 1.807) is 7.11 Å². The third kappa shape index (κ3) is 2.02. The number of hydrogen-bond donors (Lipinski definition) is 2. The summed E-state index contributed by atoms with van der Waals surface area (Å²) < 4.78 is 10.6. The minimum Gasteiger partial charge on any atom is -0.394 e. The first-order valence-electron chi connectivity index (χ1n) is 4.66. The lowest BCUT2D eigenvalue weighted by atomic mass is 9.83. The van der Waals surface area contributed by atoms with Gasteiger partial charge in [-0.15, -0.1) is 0 Å². The van der Waals surface area contributed by atoms with E-state index in [0.717, 1.165) is 0 Å². The van der Waals surface area contributed by atoms with Crippen LogP contribution in [0.15, 0.2) is 0 Å². The van der Waals surface area contributed by atoms with Gasteiger partial charge in [0, 0.05) is 7.11 Å². The molecule has 1 rings (SSSR count). The molecule has 1 saturated heterocycles. The maximum Gasteiger partial charge on any atom is 0.172 e. The Morgan fingerprint density at radius 3 is 2.46 bits per heavy atom. The molecule has 3 unspecified atom stereocenters. The minimum absolute atomic E-state index is 0.0259. The molecule has 5 atom stereocenters. The van der Waals surface area contributed by atoms with Gasteiger partial charge >= 0.3 is 0 Å². The van der Waals surface area contributed by atoms with Crippen molar-refractivity contribution >= 4 is 0 Å².